The quantitative estimate of drug-likeness (QED) is 0.206. The zero-order valence-corrected chi connectivity index (χ0v) is 17.2. The SMILES string of the molecule is C=C(C)C(=O)OCCCCCCOc1ccc(N=Cc2ccc(OC)cc2)cc1. The zero-order chi connectivity index (χ0) is 20.9. The van der Waals surface area contributed by atoms with Crippen LogP contribution >= 0.6 is 0 Å². The first-order valence-electron chi connectivity index (χ1n) is 9.82. The van der Waals surface area contributed by atoms with Gasteiger partial charge in [-0.05, 0) is 86.7 Å². The van der Waals surface area contributed by atoms with Crippen LogP contribution in [0.15, 0.2) is 65.7 Å². The van der Waals surface area contributed by atoms with E-state index in [0.29, 0.717) is 18.8 Å². The Labute approximate surface area is 173 Å². The van der Waals surface area contributed by atoms with Gasteiger partial charge in [0, 0.05) is 11.8 Å². The number of methoxy groups -OCH3 is 1. The number of aliphatic imine (C=N–C) groups is 1. The van der Waals surface area contributed by atoms with Crippen LogP contribution in [0.25, 0.3) is 0 Å². The average molecular weight is 395 g/mol. The molecule has 2 aromatic carbocycles. The van der Waals surface area contributed by atoms with E-state index in [1.54, 1.807) is 14.0 Å². The van der Waals surface area contributed by atoms with E-state index in [1.807, 2.05) is 54.7 Å². The first kappa shape index (κ1) is 22.2. The number of carbonyl (C=O) groups is 1. The monoisotopic (exact) mass is 395 g/mol. The van der Waals surface area contributed by atoms with Crippen LogP contribution in [0, 0.1) is 0 Å². The van der Waals surface area contributed by atoms with E-state index in [1.165, 1.54) is 0 Å². The van der Waals surface area contributed by atoms with E-state index in [4.69, 9.17) is 14.2 Å². The van der Waals surface area contributed by atoms with Crippen LogP contribution in [-0.4, -0.2) is 32.5 Å². The van der Waals surface area contributed by atoms with Crippen LogP contribution in [0.4, 0.5) is 5.69 Å². The van der Waals surface area contributed by atoms with E-state index in [0.717, 1.165) is 48.4 Å². The van der Waals surface area contributed by atoms with E-state index >= 15 is 0 Å². The molecule has 0 unspecified atom stereocenters. The summed E-state index contributed by atoms with van der Waals surface area (Å²) in [5.74, 6) is 1.35. The molecule has 0 aromatic heterocycles. The summed E-state index contributed by atoms with van der Waals surface area (Å²) in [6.45, 7) is 6.32. The van der Waals surface area contributed by atoms with Gasteiger partial charge in [-0.1, -0.05) is 6.58 Å². The van der Waals surface area contributed by atoms with Gasteiger partial charge in [-0.25, -0.2) is 4.79 Å². The standard InChI is InChI=1S/C24H29NO4/c1-19(2)24(26)29-17-7-5-4-6-16-28-23-14-10-21(11-15-23)25-18-20-8-12-22(27-3)13-9-20/h8-15,18H,1,4-7,16-17H2,2-3H3. The first-order valence-corrected chi connectivity index (χ1v) is 9.82. The minimum Gasteiger partial charge on any atom is -0.497 e. The van der Waals surface area contributed by atoms with Gasteiger partial charge in [-0.15, -0.1) is 0 Å². The summed E-state index contributed by atoms with van der Waals surface area (Å²) in [6, 6.07) is 15.5. The summed E-state index contributed by atoms with van der Waals surface area (Å²) < 4.78 is 16.0. The highest BCUT2D eigenvalue weighted by molar-refractivity contribution is 5.86. The van der Waals surface area contributed by atoms with Gasteiger partial charge in [-0.3, -0.25) is 4.99 Å². The Hall–Kier alpha value is -3.08. The van der Waals surface area contributed by atoms with Gasteiger partial charge in [-0.2, -0.15) is 0 Å². The van der Waals surface area contributed by atoms with Crippen LogP contribution in [0.5, 0.6) is 11.5 Å². The second-order valence-electron chi connectivity index (χ2n) is 6.70. The van der Waals surface area contributed by atoms with Crippen LogP contribution < -0.4 is 9.47 Å². The van der Waals surface area contributed by atoms with Gasteiger partial charge in [0.1, 0.15) is 11.5 Å². The lowest BCUT2D eigenvalue weighted by molar-refractivity contribution is -0.139. The molecular formula is C24H29NO4. The smallest absolute Gasteiger partial charge is 0.333 e. The Kier molecular flexibility index (Phi) is 9.49. The van der Waals surface area contributed by atoms with Crippen molar-refractivity contribution < 1.29 is 19.0 Å². The number of hydrogen-bond acceptors (Lipinski definition) is 5. The van der Waals surface area contributed by atoms with Crippen molar-refractivity contribution in [1.29, 1.82) is 0 Å². The zero-order valence-electron chi connectivity index (χ0n) is 17.2. The van der Waals surface area contributed by atoms with Gasteiger partial charge >= 0.3 is 5.97 Å². The second kappa shape index (κ2) is 12.4. The molecule has 0 aliphatic heterocycles. The Morgan fingerprint density at radius 2 is 1.55 bits per heavy atom. The molecule has 154 valence electrons. The Balaban J connectivity index is 1.61. The number of benzene rings is 2. The molecular weight excluding hydrogens is 366 g/mol. The van der Waals surface area contributed by atoms with Crippen molar-refractivity contribution in [3.05, 3.63) is 66.2 Å². The molecule has 0 saturated carbocycles. The highest BCUT2D eigenvalue weighted by Crippen LogP contribution is 2.19. The van der Waals surface area contributed by atoms with Gasteiger partial charge in [0.25, 0.3) is 0 Å². The Morgan fingerprint density at radius 1 is 0.931 bits per heavy atom. The molecule has 0 heterocycles. The van der Waals surface area contributed by atoms with Crippen LogP contribution in [0.3, 0.4) is 0 Å². The molecule has 0 saturated heterocycles. The Morgan fingerprint density at radius 3 is 2.17 bits per heavy atom. The van der Waals surface area contributed by atoms with Crippen molar-refractivity contribution in [3.8, 4) is 11.5 Å². The summed E-state index contributed by atoms with van der Waals surface area (Å²) in [5.41, 5.74) is 2.33. The van der Waals surface area contributed by atoms with Crippen molar-refractivity contribution in [3.63, 3.8) is 0 Å². The summed E-state index contributed by atoms with van der Waals surface area (Å²) in [6.07, 6.45) is 5.69. The molecule has 0 aliphatic rings. The molecule has 0 radical (unpaired) electrons. The molecule has 0 spiro atoms. The van der Waals surface area contributed by atoms with Crippen LogP contribution in [-0.2, 0) is 9.53 Å². The maximum Gasteiger partial charge on any atom is 0.333 e. The van der Waals surface area contributed by atoms with Gasteiger partial charge in [0.15, 0.2) is 0 Å². The highest BCUT2D eigenvalue weighted by atomic mass is 16.5. The maximum atomic E-state index is 11.2. The predicted molar refractivity (Wildman–Crippen MR) is 116 cm³/mol. The van der Waals surface area contributed by atoms with E-state index in [2.05, 4.69) is 11.6 Å². The molecule has 0 bridgehead atoms. The van der Waals surface area contributed by atoms with E-state index in [-0.39, 0.29) is 5.97 Å². The predicted octanol–water partition coefficient (Wildman–Crippen LogP) is 5.50. The first-order chi connectivity index (χ1) is 14.1. The third-order valence-electron chi connectivity index (χ3n) is 4.20. The number of hydrogen-bond donors (Lipinski definition) is 0. The van der Waals surface area contributed by atoms with Crippen LogP contribution in [0.2, 0.25) is 0 Å². The number of rotatable bonds is 12. The van der Waals surface area contributed by atoms with Crippen molar-refractivity contribution in [2.24, 2.45) is 4.99 Å². The summed E-state index contributed by atoms with van der Waals surface area (Å²) in [5, 5.41) is 0. The number of nitrogens with zero attached hydrogens (tertiary/aromatic N) is 1. The number of carbonyl (C=O) groups excluding carboxylic acids is 1. The van der Waals surface area contributed by atoms with Gasteiger partial charge in [0.05, 0.1) is 26.0 Å². The van der Waals surface area contributed by atoms with E-state index in [9.17, 15) is 4.79 Å². The summed E-state index contributed by atoms with van der Waals surface area (Å²) in [4.78, 5) is 15.7. The molecule has 5 heteroatoms. The maximum absolute atomic E-state index is 11.2. The lowest BCUT2D eigenvalue weighted by Gasteiger charge is -2.07. The largest absolute Gasteiger partial charge is 0.497 e. The molecule has 0 N–H and O–H groups in total. The minimum absolute atomic E-state index is 0.315. The number of ether oxygens (including phenoxy) is 3. The molecule has 0 aliphatic carbocycles. The summed E-state index contributed by atoms with van der Waals surface area (Å²) in [7, 11) is 1.65. The average Bonchev–Trinajstić information content (AvgIpc) is 2.75. The highest BCUT2D eigenvalue weighted by Gasteiger charge is 2.02. The third-order valence-corrected chi connectivity index (χ3v) is 4.20. The molecule has 0 atom stereocenters. The summed E-state index contributed by atoms with van der Waals surface area (Å²) >= 11 is 0. The fourth-order valence-corrected chi connectivity index (χ4v) is 2.50. The molecule has 0 fully saturated rings. The fourth-order valence-electron chi connectivity index (χ4n) is 2.50. The van der Waals surface area contributed by atoms with E-state index < -0.39 is 0 Å². The molecule has 29 heavy (non-hydrogen) atoms. The minimum atomic E-state index is -0.315. The molecule has 2 rings (SSSR count). The van der Waals surface area contributed by atoms with Crippen molar-refractivity contribution in [1.82, 2.24) is 0 Å². The normalized spacial score (nSPS) is 10.7. The van der Waals surface area contributed by atoms with Gasteiger partial charge < -0.3 is 14.2 Å². The third kappa shape index (κ3) is 8.64. The molecule has 0 amide bonds. The molecule has 5 nitrogen and oxygen atoms in total. The number of esters is 1. The van der Waals surface area contributed by atoms with Crippen molar-refractivity contribution >= 4 is 17.9 Å². The van der Waals surface area contributed by atoms with Crippen molar-refractivity contribution in [2.45, 2.75) is 32.6 Å². The van der Waals surface area contributed by atoms with Crippen LogP contribution in [0.1, 0.15) is 38.2 Å². The Bertz CT molecular complexity index is 795. The second-order valence-corrected chi connectivity index (χ2v) is 6.70. The lowest BCUT2D eigenvalue weighted by atomic mass is 10.2. The topological polar surface area (TPSA) is 57.1 Å². The lowest BCUT2D eigenvalue weighted by Crippen LogP contribution is -2.06. The fraction of sp³-hybridized carbons (Fsp3) is 0.333. The van der Waals surface area contributed by atoms with Crippen molar-refractivity contribution in [2.75, 3.05) is 20.3 Å². The number of unbranched alkanes of at least 4 members (excludes halogenated alkanes) is 3. The van der Waals surface area contributed by atoms with Gasteiger partial charge in [0.2, 0.25) is 0 Å². The molecule has 2 aromatic rings.